The fraction of sp³-hybridized carbons (Fsp3) is 0.500. The molecule has 0 saturated heterocycles. The van der Waals surface area contributed by atoms with E-state index in [4.69, 9.17) is 10.5 Å². The van der Waals surface area contributed by atoms with Crippen LogP contribution in [0.4, 0.5) is 0 Å². The summed E-state index contributed by atoms with van der Waals surface area (Å²) in [7, 11) is 0. The molecule has 1 aromatic rings. The van der Waals surface area contributed by atoms with Gasteiger partial charge in [-0.05, 0) is 29.9 Å². The summed E-state index contributed by atoms with van der Waals surface area (Å²) in [5, 5.41) is 0. The zero-order chi connectivity index (χ0) is 14.7. The van der Waals surface area contributed by atoms with Gasteiger partial charge in [0.05, 0.1) is 5.92 Å². The standard InChI is InChI=1S/C16H21NO3/c1-3-10(2)14(17)16(19)20-15(18)13-9-8-11-6-4-5-7-12(11)13/h4-7,10,13-14H,3,8-9,17H2,1-2H3/t10-,13?,14-/m0/s1. The third-order valence-corrected chi connectivity index (χ3v) is 4.15. The van der Waals surface area contributed by atoms with Crippen LogP contribution in [0.15, 0.2) is 24.3 Å². The van der Waals surface area contributed by atoms with Gasteiger partial charge in [0.1, 0.15) is 6.04 Å². The van der Waals surface area contributed by atoms with Crippen LogP contribution in [0.25, 0.3) is 0 Å². The molecular weight excluding hydrogens is 254 g/mol. The van der Waals surface area contributed by atoms with Crippen molar-refractivity contribution < 1.29 is 14.3 Å². The quantitative estimate of drug-likeness (QED) is 0.675. The molecule has 0 radical (unpaired) electrons. The summed E-state index contributed by atoms with van der Waals surface area (Å²) in [6.45, 7) is 3.83. The van der Waals surface area contributed by atoms with Gasteiger partial charge in [0.2, 0.25) is 0 Å². The maximum Gasteiger partial charge on any atom is 0.330 e. The Hall–Kier alpha value is -1.68. The van der Waals surface area contributed by atoms with E-state index in [1.54, 1.807) is 0 Å². The summed E-state index contributed by atoms with van der Waals surface area (Å²) in [5.41, 5.74) is 7.92. The van der Waals surface area contributed by atoms with Crippen LogP contribution in [-0.2, 0) is 20.7 Å². The molecular formula is C16H21NO3. The van der Waals surface area contributed by atoms with E-state index >= 15 is 0 Å². The van der Waals surface area contributed by atoms with Gasteiger partial charge in [0.25, 0.3) is 0 Å². The minimum Gasteiger partial charge on any atom is -0.392 e. The molecule has 2 N–H and O–H groups in total. The van der Waals surface area contributed by atoms with Gasteiger partial charge in [-0.1, -0.05) is 44.5 Å². The monoisotopic (exact) mass is 275 g/mol. The summed E-state index contributed by atoms with van der Waals surface area (Å²) in [5.74, 6) is -1.42. The fourth-order valence-electron chi connectivity index (χ4n) is 2.53. The molecule has 0 saturated carbocycles. The molecule has 0 aliphatic heterocycles. The highest BCUT2D eigenvalue weighted by Crippen LogP contribution is 2.33. The van der Waals surface area contributed by atoms with Crippen molar-refractivity contribution in [1.29, 1.82) is 0 Å². The lowest BCUT2D eigenvalue weighted by Gasteiger charge is -2.17. The fourth-order valence-corrected chi connectivity index (χ4v) is 2.53. The lowest BCUT2D eigenvalue weighted by atomic mass is 10.00. The SMILES string of the molecule is CC[C@H](C)[C@H](N)C(=O)OC(=O)C1CCc2ccccc21. The average molecular weight is 275 g/mol. The Bertz CT molecular complexity index is 512. The van der Waals surface area contributed by atoms with Crippen LogP contribution >= 0.6 is 0 Å². The Morgan fingerprint density at radius 2 is 2.10 bits per heavy atom. The molecule has 0 amide bonds. The van der Waals surface area contributed by atoms with Gasteiger partial charge >= 0.3 is 11.9 Å². The van der Waals surface area contributed by atoms with Gasteiger partial charge in [-0.2, -0.15) is 0 Å². The van der Waals surface area contributed by atoms with Crippen LogP contribution in [0.5, 0.6) is 0 Å². The minimum absolute atomic E-state index is 0.00571. The largest absolute Gasteiger partial charge is 0.392 e. The summed E-state index contributed by atoms with van der Waals surface area (Å²) in [6, 6.07) is 7.05. The molecule has 4 nitrogen and oxygen atoms in total. The van der Waals surface area contributed by atoms with Gasteiger partial charge in [-0.15, -0.1) is 0 Å². The number of aryl methyl sites for hydroxylation is 1. The number of rotatable bonds is 4. The molecule has 0 spiro atoms. The number of fused-ring (bicyclic) bond motifs is 1. The summed E-state index contributed by atoms with van der Waals surface area (Å²) >= 11 is 0. The van der Waals surface area contributed by atoms with Crippen LogP contribution in [0.3, 0.4) is 0 Å². The number of carbonyl (C=O) groups excluding carboxylic acids is 2. The zero-order valence-corrected chi connectivity index (χ0v) is 12.0. The van der Waals surface area contributed by atoms with Crippen LogP contribution in [-0.4, -0.2) is 18.0 Å². The molecule has 0 fully saturated rings. The Morgan fingerprint density at radius 1 is 1.40 bits per heavy atom. The van der Waals surface area contributed by atoms with E-state index in [2.05, 4.69) is 0 Å². The first kappa shape index (κ1) is 14.7. The van der Waals surface area contributed by atoms with Crippen molar-refractivity contribution in [2.45, 2.75) is 45.1 Å². The molecule has 108 valence electrons. The molecule has 0 heterocycles. The zero-order valence-electron chi connectivity index (χ0n) is 12.0. The van der Waals surface area contributed by atoms with Gasteiger partial charge in [-0.25, -0.2) is 4.79 Å². The van der Waals surface area contributed by atoms with Crippen LogP contribution in [0.2, 0.25) is 0 Å². The number of carbonyl (C=O) groups is 2. The molecule has 0 bridgehead atoms. The van der Waals surface area contributed by atoms with Crippen molar-refractivity contribution in [2.75, 3.05) is 0 Å². The topological polar surface area (TPSA) is 69.4 Å². The number of nitrogens with two attached hydrogens (primary N) is 1. The average Bonchev–Trinajstić information content (AvgIpc) is 2.89. The highest BCUT2D eigenvalue weighted by atomic mass is 16.6. The molecule has 20 heavy (non-hydrogen) atoms. The van der Waals surface area contributed by atoms with Crippen LogP contribution < -0.4 is 5.73 Å². The smallest absolute Gasteiger partial charge is 0.330 e. The predicted octanol–water partition coefficient (Wildman–Crippen LogP) is 2.16. The van der Waals surface area contributed by atoms with Crippen molar-refractivity contribution in [1.82, 2.24) is 0 Å². The Labute approximate surface area is 119 Å². The van der Waals surface area contributed by atoms with Crippen molar-refractivity contribution in [3.8, 4) is 0 Å². The van der Waals surface area contributed by atoms with E-state index in [1.165, 1.54) is 0 Å². The number of hydrogen-bond donors (Lipinski definition) is 1. The number of hydrogen-bond acceptors (Lipinski definition) is 4. The Morgan fingerprint density at radius 3 is 2.80 bits per heavy atom. The summed E-state index contributed by atoms with van der Waals surface area (Å²) in [6.07, 6.45) is 2.32. The van der Waals surface area contributed by atoms with E-state index < -0.39 is 18.0 Å². The minimum atomic E-state index is -0.736. The molecule has 3 atom stereocenters. The Balaban J connectivity index is 2.02. The van der Waals surface area contributed by atoms with E-state index in [1.807, 2.05) is 38.1 Å². The molecule has 1 unspecified atom stereocenters. The second-order valence-electron chi connectivity index (χ2n) is 5.44. The molecule has 2 rings (SSSR count). The lowest BCUT2D eigenvalue weighted by molar-refractivity contribution is -0.162. The molecule has 1 aromatic carbocycles. The first-order valence-corrected chi connectivity index (χ1v) is 7.13. The summed E-state index contributed by atoms with van der Waals surface area (Å²) in [4.78, 5) is 24.0. The summed E-state index contributed by atoms with van der Waals surface area (Å²) < 4.78 is 4.97. The van der Waals surface area contributed by atoms with E-state index in [0.29, 0.717) is 6.42 Å². The molecule has 0 aromatic heterocycles. The first-order chi connectivity index (χ1) is 9.54. The highest BCUT2D eigenvalue weighted by molar-refractivity contribution is 5.92. The third-order valence-electron chi connectivity index (χ3n) is 4.15. The predicted molar refractivity (Wildman–Crippen MR) is 76.0 cm³/mol. The van der Waals surface area contributed by atoms with Crippen molar-refractivity contribution >= 4 is 11.9 Å². The van der Waals surface area contributed by atoms with Gasteiger partial charge in [-0.3, -0.25) is 4.79 Å². The molecule has 1 aliphatic rings. The molecule has 4 heteroatoms. The van der Waals surface area contributed by atoms with E-state index in [0.717, 1.165) is 24.0 Å². The van der Waals surface area contributed by atoms with Gasteiger partial charge in [0, 0.05) is 0 Å². The highest BCUT2D eigenvalue weighted by Gasteiger charge is 2.32. The molecule has 1 aliphatic carbocycles. The number of ether oxygens (including phenoxy) is 1. The van der Waals surface area contributed by atoms with Gasteiger partial charge < -0.3 is 10.5 Å². The van der Waals surface area contributed by atoms with Crippen LogP contribution in [0, 0.1) is 5.92 Å². The number of benzene rings is 1. The van der Waals surface area contributed by atoms with E-state index in [9.17, 15) is 9.59 Å². The normalized spacial score (nSPS) is 20.1. The van der Waals surface area contributed by atoms with Crippen molar-refractivity contribution in [3.63, 3.8) is 0 Å². The Kier molecular flexibility index (Phi) is 4.55. The second kappa shape index (κ2) is 6.18. The van der Waals surface area contributed by atoms with Crippen LogP contribution in [0.1, 0.15) is 43.7 Å². The van der Waals surface area contributed by atoms with Crippen molar-refractivity contribution in [2.24, 2.45) is 11.7 Å². The third kappa shape index (κ3) is 2.90. The van der Waals surface area contributed by atoms with E-state index in [-0.39, 0.29) is 11.8 Å². The number of esters is 2. The lowest BCUT2D eigenvalue weighted by Crippen LogP contribution is -2.39. The van der Waals surface area contributed by atoms with Gasteiger partial charge in [0.15, 0.2) is 0 Å². The second-order valence-corrected chi connectivity index (χ2v) is 5.44. The maximum absolute atomic E-state index is 12.1. The van der Waals surface area contributed by atoms with Crippen molar-refractivity contribution in [3.05, 3.63) is 35.4 Å². The maximum atomic E-state index is 12.1. The first-order valence-electron chi connectivity index (χ1n) is 7.13.